The van der Waals surface area contributed by atoms with Crippen LogP contribution in [0.1, 0.15) is 5.56 Å². The number of nitrogens with zero attached hydrogens (tertiary/aromatic N) is 3. The summed E-state index contributed by atoms with van der Waals surface area (Å²) in [6, 6.07) is 2.66. The molecule has 1 atom stereocenters. The summed E-state index contributed by atoms with van der Waals surface area (Å²) in [7, 11) is 3.64. The van der Waals surface area contributed by atoms with E-state index >= 15 is 0 Å². The summed E-state index contributed by atoms with van der Waals surface area (Å²) in [5.74, 6) is -3.20. The van der Waals surface area contributed by atoms with Crippen LogP contribution in [0.25, 0.3) is 0 Å². The monoisotopic (exact) mass is 370 g/mol. The van der Waals surface area contributed by atoms with Gasteiger partial charge in [0.05, 0.1) is 17.8 Å². The van der Waals surface area contributed by atoms with Crippen molar-refractivity contribution in [3.05, 3.63) is 29.8 Å². The number of carbonyl (C=O) groups is 3. The lowest BCUT2D eigenvalue weighted by atomic mass is 10.1. The lowest BCUT2D eigenvalue weighted by Crippen LogP contribution is -2.58. The number of amides is 4. The van der Waals surface area contributed by atoms with Crippen molar-refractivity contribution in [3.8, 4) is 0 Å². The van der Waals surface area contributed by atoms with Crippen LogP contribution in [-0.4, -0.2) is 56.1 Å². The zero-order valence-electron chi connectivity index (χ0n) is 14.1. The van der Waals surface area contributed by atoms with Crippen molar-refractivity contribution in [1.82, 2.24) is 10.2 Å². The number of rotatable bonds is 5. The number of barbiturate groups is 1. The van der Waals surface area contributed by atoms with E-state index in [1.54, 1.807) is 0 Å². The van der Waals surface area contributed by atoms with Gasteiger partial charge in [0, 0.05) is 12.8 Å². The number of alkyl halides is 3. The number of aliphatic imine (C=N–C) groups is 1. The van der Waals surface area contributed by atoms with E-state index in [9.17, 15) is 27.6 Å². The van der Waals surface area contributed by atoms with Crippen LogP contribution in [0.3, 0.4) is 0 Å². The fraction of sp³-hybridized carbons (Fsp3) is 0.375. The molecule has 1 unspecified atom stereocenters. The molecule has 1 aromatic rings. The molecule has 10 heteroatoms. The van der Waals surface area contributed by atoms with E-state index in [1.807, 2.05) is 24.3 Å². The molecule has 0 saturated carbocycles. The largest absolute Gasteiger partial charge is 0.416 e. The Bertz CT molecular complexity index is 747. The van der Waals surface area contributed by atoms with Crippen molar-refractivity contribution >= 4 is 29.7 Å². The topological polar surface area (TPSA) is 82.1 Å². The SMILES string of the molecule is CN(C)CCN=CC1C(=O)NC(=O)N(c2cccc(C(F)(F)F)c2)C1=O. The van der Waals surface area contributed by atoms with Gasteiger partial charge in [-0.3, -0.25) is 19.9 Å². The highest BCUT2D eigenvalue weighted by molar-refractivity contribution is 6.32. The van der Waals surface area contributed by atoms with E-state index in [-0.39, 0.29) is 5.69 Å². The summed E-state index contributed by atoms with van der Waals surface area (Å²) in [5, 5.41) is 1.96. The summed E-state index contributed by atoms with van der Waals surface area (Å²) >= 11 is 0. The molecule has 0 spiro atoms. The number of nitrogens with one attached hydrogen (secondary N) is 1. The Kier molecular flexibility index (Phi) is 5.76. The molecular formula is C16H17F3N4O3. The second-order valence-corrected chi connectivity index (χ2v) is 5.85. The summed E-state index contributed by atoms with van der Waals surface area (Å²) in [6.45, 7) is 0.900. The smallest absolute Gasteiger partial charge is 0.308 e. The molecular weight excluding hydrogens is 353 g/mol. The van der Waals surface area contributed by atoms with Crippen LogP contribution in [0.2, 0.25) is 0 Å². The van der Waals surface area contributed by atoms with Gasteiger partial charge < -0.3 is 4.90 Å². The standard InChI is InChI=1S/C16H17F3N4O3/c1-22(2)7-6-20-9-12-13(24)21-15(26)23(14(12)25)11-5-3-4-10(8-11)16(17,18)19/h3-5,8-9,12H,6-7H2,1-2H3,(H,21,24,26). The quantitative estimate of drug-likeness (QED) is 0.630. The van der Waals surface area contributed by atoms with Crippen LogP contribution < -0.4 is 10.2 Å². The zero-order valence-corrected chi connectivity index (χ0v) is 14.1. The van der Waals surface area contributed by atoms with Crippen LogP contribution in [0, 0.1) is 5.92 Å². The Balaban J connectivity index is 2.27. The second kappa shape index (κ2) is 7.65. The number of imide groups is 2. The minimum Gasteiger partial charge on any atom is -0.308 e. The maximum Gasteiger partial charge on any atom is 0.416 e. The molecule has 1 N–H and O–H groups in total. The molecule has 0 bridgehead atoms. The average molecular weight is 370 g/mol. The fourth-order valence-electron chi connectivity index (χ4n) is 2.23. The Morgan fingerprint density at radius 2 is 1.96 bits per heavy atom. The molecule has 0 aliphatic carbocycles. The van der Waals surface area contributed by atoms with E-state index in [0.717, 1.165) is 18.3 Å². The highest BCUT2D eigenvalue weighted by Gasteiger charge is 2.41. The molecule has 1 aromatic carbocycles. The Morgan fingerprint density at radius 1 is 1.27 bits per heavy atom. The molecule has 1 saturated heterocycles. The van der Waals surface area contributed by atoms with Gasteiger partial charge in [0.1, 0.15) is 0 Å². The van der Waals surface area contributed by atoms with Gasteiger partial charge >= 0.3 is 12.2 Å². The molecule has 0 radical (unpaired) electrons. The van der Waals surface area contributed by atoms with Gasteiger partial charge in [0.15, 0.2) is 5.92 Å². The minimum absolute atomic E-state index is 0.276. The number of likely N-dealkylation sites (N-methyl/N-ethyl adjacent to an activating group) is 1. The maximum absolute atomic E-state index is 12.9. The summed E-state index contributed by atoms with van der Waals surface area (Å²) in [4.78, 5) is 42.7. The van der Waals surface area contributed by atoms with E-state index in [4.69, 9.17) is 0 Å². The maximum atomic E-state index is 12.9. The fourth-order valence-corrected chi connectivity index (χ4v) is 2.23. The molecule has 1 fully saturated rings. The lowest BCUT2D eigenvalue weighted by molar-refractivity contribution is -0.138. The number of carbonyl (C=O) groups excluding carboxylic acids is 3. The van der Waals surface area contributed by atoms with Gasteiger partial charge in [-0.1, -0.05) is 6.07 Å². The molecule has 1 aliphatic rings. The molecule has 4 amide bonds. The predicted octanol–water partition coefficient (Wildman–Crippen LogP) is 1.54. The first-order chi connectivity index (χ1) is 12.1. The predicted molar refractivity (Wildman–Crippen MR) is 87.9 cm³/mol. The summed E-state index contributed by atoms with van der Waals surface area (Å²) < 4.78 is 38.6. The molecule has 0 aromatic heterocycles. The highest BCUT2D eigenvalue weighted by atomic mass is 19.4. The van der Waals surface area contributed by atoms with Crippen molar-refractivity contribution < 1.29 is 27.6 Å². The van der Waals surface area contributed by atoms with Gasteiger partial charge in [-0.25, -0.2) is 9.69 Å². The average Bonchev–Trinajstić information content (AvgIpc) is 2.53. The Hall–Kier alpha value is -2.75. The number of anilines is 1. The van der Waals surface area contributed by atoms with Crippen LogP contribution in [-0.2, 0) is 15.8 Å². The van der Waals surface area contributed by atoms with Gasteiger partial charge in [0.25, 0.3) is 5.91 Å². The molecule has 7 nitrogen and oxygen atoms in total. The molecule has 140 valence electrons. The first-order valence-electron chi connectivity index (χ1n) is 7.62. The van der Waals surface area contributed by atoms with Crippen molar-refractivity contribution in [3.63, 3.8) is 0 Å². The number of benzene rings is 1. The number of hydrogen-bond donors (Lipinski definition) is 1. The van der Waals surface area contributed by atoms with Crippen LogP contribution in [0.5, 0.6) is 0 Å². The van der Waals surface area contributed by atoms with E-state index in [2.05, 4.69) is 4.99 Å². The normalized spacial score (nSPS) is 18.8. The summed E-state index contributed by atoms with van der Waals surface area (Å²) in [5.41, 5.74) is -1.29. The van der Waals surface area contributed by atoms with E-state index in [0.29, 0.717) is 24.1 Å². The first kappa shape index (κ1) is 19.6. The molecule has 1 aliphatic heterocycles. The molecule has 1 heterocycles. The third-order valence-electron chi connectivity index (χ3n) is 3.56. The van der Waals surface area contributed by atoms with Crippen molar-refractivity contribution in [2.75, 3.05) is 32.1 Å². The zero-order chi connectivity index (χ0) is 19.5. The third-order valence-corrected chi connectivity index (χ3v) is 3.56. The van der Waals surface area contributed by atoms with Crippen LogP contribution in [0.15, 0.2) is 29.3 Å². The van der Waals surface area contributed by atoms with Crippen molar-refractivity contribution in [2.24, 2.45) is 10.9 Å². The first-order valence-corrected chi connectivity index (χ1v) is 7.62. The Morgan fingerprint density at radius 3 is 2.58 bits per heavy atom. The number of hydrogen-bond acceptors (Lipinski definition) is 5. The molecule has 26 heavy (non-hydrogen) atoms. The molecule has 2 rings (SSSR count). The lowest BCUT2D eigenvalue weighted by Gasteiger charge is -2.28. The van der Waals surface area contributed by atoms with Gasteiger partial charge in [-0.2, -0.15) is 13.2 Å². The second-order valence-electron chi connectivity index (χ2n) is 5.85. The van der Waals surface area contributed by atoms with E-state index < -0.39 is 35.5 Å². The van der Waals surface area contributed by atoms with Gasteiger partial charge in [0.2, 0.25) is 5.91 Å². The summed E-state index contributed by atoms with van der Waals surface area (Å²) in [6.07, 6.45) is -3.53. The minimum atomic E-state index is -4.63. The van der Waals surface area contributed by atoms with Crippen LogP contribution in [0.4, 0.5) is 23.7 Å². The van der Waals surface area contributed by atoms with Crippen LogP contribution >= 0.6 is 0 Å². The van der Waals surface area contributed by atoms with Gasteiger partial charge in [-0.05, 0) is 32.3 Å². The number of halogens is 3. The highest BCUT2D eigenvalue weighted by Crippen LogP contribution is 2.32. The number of urea groups is 1. The van der Waals surface area contributed by atoms with Crippen molar-refractivity contribution in [1.29, 1.82) is 0 Å². The van der Waals surface area contributed by atoms with Crippen molar-refractivity contribution in [2.45, 2.75) is 6.18 Å². The van der Waals surface area contributed by atoms with Gasteiger partial charge in [-0.15, -0.1) is 0 Å². The Labute approximate surface area is 147 Å². The third kappa shape index (κ3) is 4.45. The van der Waals surface area contributed by atoms with E-state index in [1.165, 1.54) is 6.07 Å².